The van der Waals surface area contributed by atoms with Crippen molar-refractivity contribution in [2.75, 3.05) is 22.9 Å². The third kappa shape index (κ3) is 9.92. The molecule has 4 aromatic rings. The minimum absolute atomic E-state index is 0.147. The molecule has 304 valence electrons. The van der Waals surface area contributed by atoms with E-state index in [0.29, 0.717) is 45.7 Å². The first-order valence-electron chi connectivity index (χ1n) is 18.5. The van der Waals surface area contributed by atoms with Crippen LogP contribution in [0.3, 0.4) is 0 Å². The van der Waals surface area contributed by atoms with Gasteiger partial charge in [0.1, 0.15) is 23.0 Å². The summed E-state index contributed by atoms with van der Waals surface area (Å²) in [5.74, 6) is 2.80. The summed E-state index contributed by atoms with van der Waals surface area (Å²) in [5, 5.41) is 0. The molecule has 2 fully saturated rings. The van der Waals surface area contributed by atoms with Crippen molar-refractivity contribution in [3.8, 4) is 23.0 Å². The highest BCUT2D eigenvalue weighted by Crippen LogP contribution is 2.82. The lowest BCUT2D eigenvalue weighted by atomic mass is 10.1. The summed E-state index contributed by atoms with van der Waals surface area (Å²) in [4.78, 5) is 0. The molecule has 0 radical (unpaired) electrons. The summed E-state index contributed by atoms with van der Waals surface area (Å²) in [6.07, 6.45) is 0. The third-order valence-electron chi connectivity index (χ3n) is 8.09. The number of hydrogen-bond donors (Lipinski definition) is 4. The average Bonchev–Trinajstić information content (AvgIpc) is 3.04. The number of nitrogen functional groups attached to an aromatic ring is 4. The van der Waals surface area contributed by atoms with Crippen LogP contribution in [0.5, 0.6) is 23.0 Å². The molecular formula is C40H60N8O4P4. The van der Waals surface area contributed by atoms with E-state index in [1.165, 1.54) is 0 Å². The van der Waals surface area contributed by atoms with Gasteiger partial charge in [0.25, 0.3) is 33.8 Å². The molecule has 16 heteroatoms. The minimum atomic E-state index is -1.09. The predicted octanol–water partition coefficient (Wildman–Crippen LogP) is 12.0. The lowest BCUT2D eigenvalue weighted by molar-refractivity contribution is 0.224. The Hall–Kier alpha value is -3.16. The first kappa shape index (κ1) is 44.0. The predicted molar refractivity (Wildman–Crippen MR) is 240 cm³/mol. The SMILES string of the molecule is CC(C)(C)N1P(Oc2ccccc2N)N(C(C)(C)C)P1Oc1ccccc1N.CC(C)(C)N1P(Oc2ccccc2N)N(C(C)(C)C)P1Oc1ccccc1N. The summed E-state index contributed by atoms with van der Waals surface area (Å²) in [7, 11) is -4.35. The van der Waals surface area contributed by atoms with Gasteiger partial charge < -0.3 is 41.0 Å². The fourth-order valence-electron chi connectivity index (χ4n) is 5.49. The van der Waals surface area contributed by atoms with Crippen molar-refractivity contribution in [1.29, 1.82) is 0 Å². The molecule has 56 heavy (non-hydrogen) atoms. The van der Waals surface area contributed by atoms with Crippen LogP contribution in [0.25, 0.3) is 0 Å². The Morgan fingerprint density at radius 1 is 0.321 bits per heavy atom. The lowest BCUT2D eigenvalue weighted by Crippen LogP contribution is -2.55. The van der Waals surface area contributed by atoms with Gasteiger partial charge in [-0.15, -0.1) is 0 Å². The zero-order valence-electron chi connectivity index (χ0n) is 34.8. The van der Waals surface area contributed by atoms with Crippen molar-refractivity contribution in [1.82, 2.24) is 17.8 Å². The van der Waals surface area contributed by atoms with Gasteiger partial charge in [-0.3, -0.25) is 0 Å². The maximum atomic E-state index is 6.45. The fraction of sp³-hybridized carbons (Fsp3) is 0.400. The van der Waals surface area contributed by atoms with E-state index in [-0.39, 0.29) is 22.2 Å². The highest BCUT2D eigenvalue weighted by Gasteiger charge is 2.62. The molecule has 0 bridgehead atoms. The van der Waals surface area contributed by atoms with Crippen molar-refractivity contribution in [3.63, 3.8) is 0 Å². The van der Waals surface area contributed by atoms with Crippen LogP contribution in [0, 0.1) is 0 Å². The number of anilines is 4. The number of nitrogens with zero attached hydrogens (tertiary/aromatic N) is 4. The Bertz CT molecular complexity index is 1650. The second kappa shape index (κ2) is 17.0. The number of rotatable bonds is 8. The monoisotopic (exact) mass is 840 g/mol. The minimum Gasteiger partial charge on any atom is -0.442 e. The van der Waals surface area contributed by atoms with Crippen molar-refractivity contribution in [3.05, 3.63) is 97.1 Å². The van der Waals surface area contributed by atoms with Crippen LogP contribution in [-0.2, 0) is 0 Å². The molecule has 8 N–H and O–H groups in total. The van der Waals surface area contributed by atoms with Gasteiger partial charge in [-0.05, 0) is 132 Å². The van der Waals surface area contributed by atoms with Crippen molar-refractivity contribution in [2.45, 2.75) is 105 Å². The number of benzene rings is 4. The molecule has 12 nitrogen and oxygen atoms in total. The number of hydrogen-bond acceptors (Lipinski definition) is 12. The van der Waals surface area contributed by atoms with Gasteiger partial charge in [0.15, 0.2) is 0 Å². The van der Waals surface area contributed by atoms with Gasteiger partial charge in [-0.2, -0.15) is 17.8 Å². The molecule has 0 aliphatic carbocycles. The molecule has 2 aliphatic heterocycles. The summed E-state index contributed by atoms with van der Waals surface area (Å²) < 4.78 is 35.1. The number of para-hydroxylation sites is 8. The van der Waals surface area contributed by atoms with Crippen LogP contribution >= 0.6 is 33.8 Å². The maximum Gasteiger partial charge on any atom is 0.264 e. The second-order valence-electron chi connectivity index (χ2n) is 17.4. The molecule has 4 aromatic carbocycles. The molecule has 0 unspecified atom stereocenters. The summed E-state index contributed by atoms with van der Waals surface area (Å²) in [6, 6.07) is 30.5. The largest absolute Gasteiger partial charge is 0.442 e. The second-order valence-corrected chi connectivity index (χ2v) is 24.6. The number of nitrogens with two attached hydrogens (primary N) is 4. The van der Waals surface area contributed by atoms with Crippen LogP contribution in [0.15, 0.2) is 97.1 Å². The molecule has 0 spiro atoms. The van der Waals surface area contributed by atoms with Crippen LogP contribution in [-0.4, -0.2) is 39.9 Å². The summed E-state index contributed by atoms with van der Waals surface area (Å²) in [6.45, 7) is 26.1. The van der Waals surface area contributed by atoms with Crippen molar-refractivity contribution >= 4 is 56.5 Å². The van der Waals surface area contributed by atoms with Crippen LogP contribution in [0.2, 0.25) is 0 Å². The molecule has 2 saturated heterocycles. The van der Waals surface area contributed by atoms with Gasteiger partial charge in [0.2, 0.25) is 0 Å². The Labute approximate surface area is 339 Å². The topological polar surface area (TPSA) is 154 Å². The zero-order chi connectivity index (χ0) is 41.4. The molecule has 0 aromatic heterocycles. The molecule has 0 atom stereocenters. The van der Waals surface area contributed by atoms with Gasteiger partial charge in [0, 0.05) is 22.2 Å². The van der Waals surface area contributed by atoms with Gasteiger partial charge in [0.05, 0.1) is 22.7 Å². The van der Waals surface area contributed by atoms with Crippen molar-refractivity contribution in [2.24, 2.45) is 0 Å². The van der Waals surface area contributed by atoms with E-state index in [1.807, 2.05) is 97.1 Å². The normalized spacial score (nSPS) is 21.2. The Kier molecular flexibility index (Phi) is 13.3. The molecular weight excluding hydrogens is 780 g/mol. The standard InChI is InChI=1S/2C20H30N4O2P2/c2*1-19(2,3)23-27(25-17-13-9-7-11-15(17)21)24(20(4,5)6)28(23)26-18-14-10-8-12-16(18)22/h2*7-14H,21-22H2,1-6H3. The Morgan fingerprint density at radius 2 is 0.482 bits per heavy atom. The lowest BCUT2D eigenvalue weighted by Gasteiger charge is -2.60. The van der Waals surface area contributed by atoms with E-state index in [4.69, 9.17) is 41.0 Å². The first-order chi connectivity index (χ1) is 26.0. The first-order valence-corrected chi connectivity index (χ1v) is 23.2. The quantitative estimate of drug-likeness (QED) is 0.0986. The molecule has 0 amide bonds. The fourth-order valence-corrected chi connectivity index (χ4v) is 16.1. The Balaban J connectivity index is 0.000000214. The smallest absolute Gasteiger partial charge is 0.264 e. The van der Waals surface area contributed by atoms with E-state index in [9.17, 15) is 0 Å². The van der Waals surface area contributed by atoms with E-state index in [1.54, 1.807) is 0 Å². The van der Waals surface area contributed by atoms with E-state index >= 15 is 0 Å². The zero-order valence-corrected chi connectivity index (χ0v) is 38.3. The summed E-state index contributed by atoms with van der Waals surface area (Å²) in [5.41, 5.74) is 26.5. The maximum absolute atomic E-state index is 6.45. The van der Waals surface area contributed by atoms with Crippen molar-refractivity contribution < 1.29 is 18.1 Å². The van der Waals surface area contributed by atoms with Gasteiger partial charge in [-0.1, -0.05) is 48.5 Å². The van der Waals surface area contributed by atoms with Gasteiger partial charge in [-0.25, -0.2) is 0 Å². The third-order valence-corrected chi connectivity index (χ3v) is 20.6. The van der Waals surface area contributed by atoms with E-state index in [2.05, 4.69) is 101 Å². The van der Waals surface area contributed by atoms with E-state index < -0.39 is 33.8 Å². The van der Waals surface area contributed by atoms with Crippen LogP contribution in [0.1, 0.15) is 83.1 Å². The molecule has 6 rings (SSSR count). The molecule has 0 saturated carbocycles. The Morgan fingerprint density at radius 3 is 0.625 bits per heavy atom. The highest BCUT2D eigenvalue weighted by molar-refractivity contribution is 7.79. The van der Waals surface area contributed by atoms with Crippen LogP contribution < -0.4 is 41.0 Å². The molecule has 2 aliphatic rings. The average molecular weight is 841 g/mol. The highest BCUT2D eigenvalue weighted by atomic mass is 31.3. The summed E-state index contributed by atoms with van der Waals surface area (Å²) >= 11 is 0. The van der Waals surface area contributed by atoms with Gasteiger partial charge >= 0.3 is 0 Å². The molecule has 2 heterocycles. The van der Waals surface area contributed by atoms with E-state index in [0.717, 1.165) is 0 Å². The van der Waals surface area contributed by atoms with Crippen LogP contribution in [0.4, 0.5) is 22.7 Å².